The number of aromatic nitrogens is 2. The molecule has 2 heterocycles. The average molecular weight is 613 g/mol. The molecule has 0 spiro atoms. The fourth-order valence-electron chi connectivity index (χ4n) is 4.68. The van der Waals surface area contributed by atoms with Crippen molar-refractivity contribution in [2.24, 2.45) is 0 Å². The summed E-state index contributed by atoms with van der Waals surface area (Å²) >= 11 is 6.44. The minimum atomic E-state index is -3.40. The van der Waals surface area contributed by atoms with Gasteiger partial charge in [-0.1, -0.05) is 42.4 Å². The molecule has 2 aromatic carbocycles. The number of hydrogen-bond acceptors (Lipinski definition) is 9. The van der Waals surface area contributed by atoms with Crippen molar-refractivity contribution in [3.8, 4) is 11.3 Å². The topological polar surface area (TPSA) is 120 Å². The molecule has 1 saturated heterocycles. The van der Waals surface area contributed by atoms with Crippen LogP contribution < -0.4 is 10.6 Å². The molecule has 0 aliphatic carbocycles. The van der Waals surface area contributed by atoms with E-state index in [0.29, 0.717) is 23.2 Å². The molecule has 1 unspecified atom stereocenters. The zero-order valence-corrected chi connectivity index (χ0v) is 25.5. The smallest absolute Gasteiger partial charge is 0.325 e. The number of benzene rings is 2. The Morgan fingerprint density at radius 3 is 2.57 bits per heavy atom. The molecule has 3 aromatic rings. The highest BCUT2D eigenvalue weighted by molar-refractivity contribution is 7.51. The lowest BCUT2D eigenvalue weighted by Gasteiger charge is -2.34. The van der Waals surface area contributed by atoms with Gasteiger partial charge >= 0.3 is 7.60 Å². The monoisotopic (exact) mass is 612 g/mol. The van der Waals surface area contributed by atoms with E-state index in [1.807, 2.05) is 48.5 Å². The lowest BCUT2D eigenvalue weighted by molar-refractivity contribution is -0.114. The number of hydrogen-bond donors (Lipinski definition) is 3. The number of halogens is 1. The molecular weight excluding hydrogens is 575 g/mol. The van der Waals surface area contributed by atoms with E-state index >= 15 is 0 Å². The Hall–Kier alpha value is -3.11. The number of piperazine rings is 1. The summed E-state index contributed by atoms with van der Waals surface area (Å²) in [5.41, 5.74) is 4.10. The van der Waals surface area contributed by atoms with Crippen LogP contribution in [0.25, 0.3) is 11.3 Å². The summed E-state index contributed by atoms with van der Waals surface area (Å²) in [7, 11) is -3.40. The summed E-state index contributed by atoms with van der Waals surface area (Å²) in [6.07, 6.45) is 4.17. The van der Waals surface area contributed by atoms with Gasteiger partial charge in [0.25, 0.3) is 0 Å². The zero-order valence-electron chi connectivity index (χ0n) is 23.8. The van der Waals surface area contributed by atoms with E-state index in [2.05, 4.69) is 37.0 Å². The van der Waals surface area contributed by atoms with Gasteiger partial charge in [0.05, 0.1) is 23.5 Å². The SMILES string of the molecule is C=CC(=O)Cc1cccc(-c2nc(Nc3cccc(NCCCN4CCN(CCOP(C)(=O)O)CC4)c3)ncc2Cl)c1. The van der Waals surface area contributed by atoms with Crippen molar-refractivity contribution in [1.82, 2.24) is 19.8 Å². The van der Waals surface area contributed by atoms with Gasteiger partial charge in [0.15, 0.2) is 5.78 Å². The van der Waals surface area contributed by atoms with Crippen LogP contribution in [0.2, 0.25) is 5.02 Å². The van der Waals surface area contributed by atoms with Gasteiger partial charge in [0.1, 0.15) is 0 Å². The van der Waals surface area contributed by atoms with Gasteiger partial charge in [-0.25, -0.2) is 9.97 Å². The molecule has 1 fully saturated rings. The van der Waals surface area contributed by atoms with E-state index in [4.69, 9.17) is 16.1 Å². The quantitative estimate of drug-likeness (QED) is 0.122. The highest BCUT2D eigenvalue weighted by Crippen LogP contribution is 2.36. The molecule has 1 aromatic heterocycles. The van der Waals surface area contributed by atoms with Crippen LogP contribution in [0.3, 0.4) is 0 Å². The first kappa shape index (κ1) is 31.8. The predicted molar refractivity (Wildman–Crippen MR) is 169 cm³/mol. The van der Waals surface area contributed by atoms with Crippen LogP contribution in [0, 0.1) is 0 Å². The Labute approximate surface area is 252 Å². The summed E-state index contributed by atoms with van der Waals surface area (Å²) in [6, 6.07) is 15.5. The molecule has 4 rings (SSSR count). The van der Waals surface area contributed by atoms with Crippen LogP contribution >= 0.6 is 19.2 Å². The number of anilines is 3. The molecule has 1 atom stereocenters. The van der Waals surface area contributed by atoms with Crippen LogP contribution in [0.5, 0.6) is 0 Å². The van der Waals surface area contributed by atoms with E-state index in [9.17, 15) is 14.3 Å². The third kappa shape index (κ3) is 10.3. The van der Waals surface area contributed by atoms with Gasteiger partial charge in [-0.05, 0) is 48.9 Å². The molecule has 0 saturated carbocycles. The molecule has 42 heavy (non-hydrogen) atoms. The summed E-state index contributed by atoms with van der Waals surface area (Å²) in [5, 5.41) is 7.19. The van der Waals surface area contributed by atoms with E-state index < -0.39 is 7.60 Å². The summed E-state index contributed by atoms with van der Waals surface area (Å²) in [5.74, 6) is 0.373. The van der Waals surface area contributed by atoms with Crippen molar-refractivity contribution >= 4 is 42.3 Å². The molecule has 3 N–H and O–H groups in total. The van der Waals surface area contributed by atoms with E-state index in [1.54, 1.807) is 6.20 Å². The van der Waals surface area contributed by atoms with E-state index in [0.717, 1.165) is 68.2 Å². The van der Waals surface area contributed by atoms with Crippen molar-refractivity contribution < 1.29 is 18.8 Å². The third-order valence-electron chi connectivity index (χ3n) is 6.85. The van der Waals surface area contributed by atoms with Crippen LogP contribution in [-0.2, 0) is 20.3 Å². The van der Waals surface area contributed by atoms with Crippen molar-refractivity contribution in [2.45, 2.75) is 12.8 Å². The Morgan fingerprint density at radius 2 is 1.83 bits per heavy atom. The number of allylic oxidation sites excluding steroid dienone is 1. The van der Waals surface area contributed by atoms with E-state index in [1.165, 1.54) is 12.7 Å². The number of rotatable bonds is 15. The molecule has 12 heteroatoms. The van der Waals surface area contributed by atoms with Crippen LogP contribution in [0.15, 0.2) is 67.4 Å². The largest absolute Gasteiger partial charge is 0.385 e. The minimum Gasteiger partial charge on any atom is -0.385 e. The lowest BCUT2D eigenvalue weighted by Crippen LogP contribution is -2.47. The van der Waals surface area contributed by atoms with Crippen molar-refractivity contribution in [3.05, 3.63) is 78.0 Å². The molecule has 1 aliphatic heterocycles. The molecule has 0 radical (unpaired) electrons. The molecular formula is C30H38ClN6O4P. The Kier molecular flexibility index (Phi) is 11.7. The second-order valence-electron chi connectivity index (χ2n) is 10.2. The maximum Gasteiger partial charge on any atom is 0.325 e. The molecule has 10 nitrogen and oxygen atoms in total. The summed E-state index contributed by atoms with van der Waals surface area (Å²) in [6.45, 7) is 11.4. The summed E-state index contributed by atoms with van der Waals surface area (Å²) < 4.78 is 16.2. The molecule has 1 aliphatic rings. The second kappa shape index (κ2) is 15.4. The predicted octanol–water partition coefficient (Wildman–Crippen LogP) is 5.09. The Morgan fingerprint density at radius 1 is 1.12 bits per heavy atom. The lowest BCUT2D eigenvalue weighted by atomic mass is 10.0. The van der Waals surface area contributed by atoms with Crippen molar-refractivity contribution in [1.29, 1.82) is 0 Å². The van der Waals surface area contributed by atoms with E-state index in [-0.39, 0.29) is 18.8 Å². The maximum absolute atomic E-state index is 11.8. The van der Waals surface area contributed by atoms with Crippen molar-refractivity contribution in [3.63, 3.8) is 0 Å². The first-order valence-electron chi connectivity index (χ1n) is 14.0. The molecule has 0 bridgehead atoms. The first-order chi connectivity index (χ1) is 20.2. The minimum absolute atomic E-state index is 0.0479. The highest BCUT2D eigenvalue weighted by atomic mass is 35.5. The normalized spacial score (nSPS) is 15.6. The van der Waals surface area contributed by atoms with Crippen LogP contribution in [0.4, 0.5) is 17.3 Å². The van der Waals surface area contributed by atoms with Gasteiger partial charge < -0.3 is 25.0 Å². The summed E-state index contributed by atoms with van der Waals surface area (Å²) in [4.78, 5) is 34.7. The fourth-order valence-corrected chi connectivity index (χ4v) is 5.30. The van der Waals surface area contributed by atoms with Gasteiger partial charge in [-0.2, -0.15) is 0 Å². The van der Waals surface area contributed by atoms with Crippen LogP contribution in [-0.4, -0.2) is 89.5 Å². The fraction of sp³-hybridized carbons (Fsp3) is 0.367. The zero-order chi connectivity index (χ0) is 30.0. The highest BCUT2D eigenvalue weighted by Gasteiger charge is 2.18. The first-order valence-corrected chi connectivity index (χ1v) is 16.4. The molecule has 0 amide bonds. The van der Waals surface area contributed by atoms with Gasteiger partial charge in [0, 0.05) is 69.3 Å². The maximum atomic E-state index is 11.8. The number of nitrogens with zero attached hydrogens (tertiary/aromatic N) is 4. The number of nitrogens with one attached hydrogen (secondary N) is 2. The Bertz CT molecular complexity index is 1410. The van der Waals surface area contributed by atoms with Crippen LogP contribution in [0.1, 0.15) is 12.0 Å². The van der Waals surface area contributed by atoms with Gasteiger partial charge in [0.2, 0.25) is 5.95 Å². The van der Waals surface area contributed by atoms with Gasteiger partial charge in [-0.3, -0.25) is 14.3 Å². The number of carbonyl (C=O) groups excluding carboxylic acids is 1. The van der Waals surface area contributed by atoms with Crippen molar-refractivity contribution in [2.75, 3.05) is 69.7 Å². The second-order valence-corrected chi connectivity index (χ2v) is 12.5. The van der Waals surface area contributed by atoms with Gasteiger partial charge in [-0.15, -0.1) is 0 Å². The standard InChI is InChI=1S/C30H38ClN6O4P/c1-3-27(38)20-23-7-4-8-24(19-23)29-28(31)22-33-30(35-29)34-26-10-5-9-25(21-26)32-11-6-12-36-13-15-37(16-14-36)17-18-41-42(2,39)40/h3-5,7-10,19,21-22,32H,1,6,11-18,20H2,2H3,(H,39,40)(H,33,34,35). The molecule has 224 valence electrons. The Balaban J connectivity index is 1.25. The number of ketones is 1. The number of carbonyl (C=O) groups is 1. The average Bonchev–Trinajstić information content (AvgIpc) is 2.97. The third-order valence-corrected chi connectivity index (χ3v) is 7.79.